The van der Waals surface area contributed by atoms with Gasteiger partial charge in [0.15, 0.2) is 5.76 Å². The molecule has 5 rings (SSSR count). The van der Waals surface area contributed by atoms with Gasteiger partial charge in [0.05, 0.1) is 16.7 Å². The van der Waals surface area contributed by atoms with Gasteiger partial charge in [0, 0.05) is 44.7 Å². The number of hydrogen-bond donors (Lipinski definition) is 0. The molecule has 2 saturated heterocycles. The van der Waals surface area contributed by atoms with Gasteiger partial charge in [-0.15, -0.1) is 0 Å². The lowest BCUT2D eigenvalue weighted by Gasteiger charge is -2.35. The second kappa shape index (κ2) is 7.97. The van der Waals surface area contributed by atoms with E-state index in [-0.39, 0.29) is 5.91 Å². The Bertz CT molecular complexity index is 1200. The summed E-state index contributed by atoms with van der Waals surface area (Å²) in [7, 11) is -3.44. The lowest BCUT2D eigenvalue weighted by molar-refractivity contribution is 0.0714. The van der Waals surface area contributed by atoms with E-state index >= 15 is 0 Å². The summed E-state index contributed by atoms with van der Waals surface area (Å²) in [6.45, 7) is 3.70. The molecule has 0 N–H and O–H groups in total. The number of rotatable bonds is 4. The van der Waals surface area contributed by atoms with E-state index in [1.807, 2.05) is 12.1 Å². The molecule has 0 unspecified atom stereocenters. The quantitative estimate of drug-likeness (QED) is 0.620. The summed E-state index contributed by atoms with van der Waals surface area (Å²) >= 11 is 0. The number of nitrogens with zero attached hydrogens (tertiary/aromatic N) is 4. The zero-order chi connectivity index (χ0) is 21.4. The van der Waals surface area contributed by atoms with Crippen molar-refractivity contribution in [3.05, 3.63) is 54.5 Å². The molecule has 1 amide bonds. The molecule has 1 aromatic carbocycles. The van der Waals surface area contributed by atoms with Gasteiger partial charge in [-0.3, -0.25) is 4.79 Å². The van der Waals surface area contributed by atoms with E-state index in [2.05, 4.69) is 4.90 Å². The third-order valence-corrected chi connectivity index (χ3v) is 7.87. The standard InChI is InChI=1S/C22H24N4O4S/c27-22(20-4-3-15-30-20)25-13-11-24(12-14-25)21-8-5-17-16-18(6-7-19(17)23-21)31(28,29)26-9-1-2-10-26/h3-8,15-16H,1-2,9-14H2. The lowest BCUT2D eigenvalue weighted by Crippen LogP contribution is -2.49. The Kier molecular flexibility index (Phi) is 5.15. The number of carbonyl (C=O) groups excluding carboxylic acids is 1. The Morgan fingerprint density at radius 2 is 1.71 bits per heavy atom. The van der Waals surface area contributed by atoms with E-state index in [1.165, 1.54) is 6.26 Å². The Labute approximate surface area is 181 Å². The predicted molar refractivity (Wildman–Crippen MR) is 117 cm³/mol. The SMILES string of the molecule is O=C(c1ccco1)N1CCN(c2ccc3cc(S(=O)(=O)N4CCCC4)ccc3n2)CC1. The van der Waals surface area contributed by atoms with Crippen LogP contribution in [0, 0.1) is 0 Å². The normalized spacial score (nSPS) is 18.1. The van der Waals surface area contributed by atoms with Crippen LogP contribution >= 0.6 is 0 Å². The first kappa shape index (κ1) is 20.0. The highest BCUT2D eigenvalue weighted by Crippen LogP contribution is 2.26. The van der Waals surface area contributed by atoms with Crippen LogP contribution in [0.2, 0.25) is 0 Å². The molecule has 2 fully saturated rings. The van der Waals surface area contributed by atoms with Crippen LogP contribution in [0.3, 0.4) is 0 Å². The number of anilines is 1. The van der Waals surface area contributed by atoms with Gasteiger partial charge < -0.3 is 14.2 Å². The minimum Gasteiger partial charge on any atom is -0.459 e. The maximum absolute atomic E-state index is 12.8. The summed E-state index contributed by atoms with van der Waals surface area (Å²) in [5.74, 6) is 1.09. The summed E-state index contributed by atoms with van der Waals surface area (Å²) in [6, 6.07) is 12.4. The van der Waals surface area contributed by atoms with E-state index < -0.39 is 10.0 Å². The smallest absolute Gasteiger partial charge is 0.289 e. The number of furan rings is 1. The van der Waals surface area contributed by atoms with Gasteiger partial charge in [-0.1, -0.05) is 0 Å². The second-order valence-corrected chi connectivity index (χ2v) is 9.83. The summed E-state index contributed by atoms with van der Waals surface area (Å²) in [5.41, 5.74) is 0.756. The molecule has 8 nitrogen and oxygen atoms in total. The van der Waals surface area contributed by atoms with Gasteiger partial charge in [0.1, 0.15) is 5.82 Å². The fourth-order valence-electron chi connectivity index (χ4n) is 4.20. The molecule has 4 heterocycles. The van der Waals surface area contributed by atoms with E-state index in [0.717, 1.165) is 29.6 Å². The fraction of sp³-hybridized carbons (Fsp3) is 0.364. The molecule has 162 valence electrons. The molecular formula is C22H24N4O4S. The number of benzene rings is 1. The number of amides is 1. The third-order valence-electron chi connectivity index (χ3n) is 5.97. The Morgan fingerprint density at radius 1 is 0.935 bits per heavy atom. The first-order valence-electron chi connectivity index (χ1n) is 10.5. The molecule has 9 heteroatoms. The molecule has 3 aromatic rings. The number of aromatic nitrogens is 1. The zero-order valence-electron chi connectivity index (χ0n) is 17.1. The van der Waals surface area contributed by atoms with Crippen molar-refractivity contribution < 1.29 is 17.6 Å². The van der Waals surface area contributed by atoms with Crippen LogP contribution in [0.25, 0.3) is 10.9 Å². The number of hydrogen-bond acceptors (Lipinski definition) is 6. The molecule has 0 aliphatic carbocycles. The van der Waals surface area contributed by atoms with Gasteiger partial charge in [-0.25, -0.2) is 13.4 Å². The van der Waals surface area contributed by atoms with Crippen LogP contribution in [-0.4, -0.2) is 67.8 Å². The van der Waals surface area contributed by atoms with Crippen LogP contribution in [0.5, 0.6) is 0 Å². The highest BCUT2D eigenvalue weighted by Gasteiger charge is 2.28. The molecule has 2 aliphatic rings. The minimum absolute atomic E-state index is 0.0946. The number of piperazine rings is 1. The summed E-state index contributed by atoms with van der Waals surface area (Å²) in [4.78, 5) is 21.4. The van der Waals surface area contributed by atoms with E-state index in [1.54, 1.807) is 39.5 Å². The third kappa shape index (κ3) is 3.79. The van der Waals surface area contributed by atoms with Crippen molar-refractivity contribution in [1.29, 1.82) is 0 Å². The van der Waals surface area contributed by atoms with Crippen molar-refractivity contribution in [2.45, 2.75) is 17.7 Å². The monoisotopic (exact) mass is 440 g/mol. The molecule has 0 radical (unpaired) electrons. The Hall–Kier alpha value is -2.91. The maximum atomic E-state index is 12.8. The largest absolute Gasteiger partial charge is 0.459 e. The Morgan fingerprint density at radius 3 is 2.42 bits per heavy atom. The highest BCUT2D eigenvalue weighted by molar-refractivity contribution is 7.89. The molecule has 2 aromatic heterocycles. The highest BCUT2D eigenvalue weighted by atomic mass is 32.2. The molecule has 31 heavy (non-hydrogen) atoms. The van der Waals surface area contributed by atoms with Crippen LogP contribution in [0.15, 0.2) is 58.0 Å². The summed E-state index contributed by atoms with van der Waals surface area (Å²) < 4.78 is 32.4. The Balaban J connectivity index is 1.31. The predicted octanol–water partition coefficient (Wildman–Crippen LogP) is 2.57. The lowest BCUT2D eigenvalue weighted by atomic mass is 10.2. The molecule has 0 bridgehead atoms. The van der Waals surface area contributed by atoms with Gasteiger partial charge in [-0.2, -0.15) is 4.31 Å². The van der Waals surface area contributed by atoms with Crippen LogP contribution in [0.1, 0.15) is 23.4 Å². The first-order valence-corrected chi connectivity index (χ1v) is 11.9. The molecule has 0 spiro atoms. The van der Waals surface area contributed by atoms with Gasteiger partial charge in [0.2, 0.25) is 10.0 Å². The van der Waals surface area contributed by atoms with Crippen molar-refractivity contribution in [2.75, 3.05) is 44.2 Å². The molecule has 2 aliphatic heterocycles. The van der Waals surface area contributed by atoms with Gasteiger partial charge in [-0.05, 0) is 55.3 Å². The molecule has 0 atom stereocenters. The molecule has 0 saturated carbocycles. The maximum Gasteiger partial charge on any atom is 0.289 e. The number of carbonyl (C=O) groups is 1. The van der Waals surface area contributed by atoms with Crippen molar-refractivity contribution >= 4 is 32.7 Å². The van der Waals surface area contributed by atoms with E-state index in [4.69, 9.17) is 9.40 Å². The van der Waals surface area contributed by atoms with Crippen LogP contribution in [0.4, 0.5) is 5.82 Å². The minimum atomic E-state index is -3.44. The summed E-state index contributed by atoms with van der Waals surface area (Å²) in [6.07, 6.45) is 3.33. The van der Waals surface area contributed by atoms with Gasteiger partial charge >= 0.3 is 0 Å². The molecular weight excluding hydrogens is 416 g/mol. The van der Waals surface area contributed by atoms with Crippen molar-refractivity contribution in [1.82, 2.24) is 14.2 Å². The topological polar surface area (TPSA) is 87.0 Å². The van der Waals surface area contributed by atoms with E-state index in [0.29, 0.717) is 49.9 Å². The first-order chi connectivity index (χ1) is 15.0. The fourth-order valence-corrected chi connectivity index (χ4v) is 5.75. The summed E-state index contributed by atoms with van der Waals surface area (Å²) in [5, 5.41) is 0.802. The van der Waals surface area contributed by atoms with Crippen molar-refractivity contribution in [3.63, 3.8) is 0 Å². The number of sulfonamides is 1. The van der Waals surface area contributed by atoms with Gasteiger partial charge in [0.25, 0.3) is 5.91 Å². The average Bonchev–Trinajstić information content (AvgIpc) is 3.53. The van der Waals surface area contributed by atoms with Crippen LogP contribution in [-0.2, 0) is 10.0 Å². The number of pyridine rings is 1. The zero-order valence-corrected chi connectivity index (χ0v) is 17.9. The van der Waals surface area contributed by atoms with Crippen LogP contribution < -0.4 is 4.90 Å². The second-order valence-electron chi connectivity index (χ2n) is 7.89. The van der Waals surface area contributed by atoms with E-state index in [9.17, 15) is 13.2 Å². The average molecular weight is 441 g/mol. The number of fused-ring (bicyclic) bond motifs is 1. The van der Waals surface area contributed by atoms with Crippen molar-refractivity contribution in [2.24, 2.45) is 0 Å². The van der Waals surface area contributed by atoms with Crippen molar-refractivity contribution in [3.8, 4) is 0 Å².